The van der Waals surface area contributed by atoms with E-state index in [4.69, 9.17) is 4.74 Å². The molecule has 8 heteroatoms. The molecule has 0 saturated carbocycles. The van der Waals surface area contributed by atoms with E-state index in [1.165, 1.54) is 25.3 Å². The van der Waals surface area contributed by atoms with Crippen molar-refractivity contribution in [2.75, 3.05) is 12.4 Å². The van der Waals surface area contributed by atoms with Crippen LogP contribution in [0.5, 0.6) is 5.75 Å². The number of hydrogen-bond donors (Lipinski definition) is 2. The van der Waals surface area contributed by atoms with E-state index >= 15 is 0 Å². The summed E-state index contributed by atoms with van der Waals surface area (Å²) in [6.45, 7) is 6.10. The van der Waals surface area contributed by atoms with E-state index in [9.17, 15) is 22.8 Å². The molecule has 5 nitrogen and oxygen atoms in total. The highest BCUT2D eigenvalue weighted by molar-refractivity contribution is 5.98. The fraction of sp³-hybridized carbons (Fsp3) is 0.333. The summed E-state index contributed by atoms with van der Waals surface area (Å²) < 4.78 is 43.3. The Morgan fingerprint density at radius 2 is 1.62 bits per heavy atom. The minimum atomic E-state index is -5.12. The first kappa shape index (κ1) is 22.3. The topological polar surface area (TPSA) is 67.4 Å². The molecular weight excluding hydrogens is 385 g/mol. The molecule has 0 spiro atoms. The van der Waals surface area contributed by atoms with Crippen LogP contribution < -0.4 is 15.4 Å². The maximum absolute atomic E-state index is 12.7. The van der Waals surface area contributed by atoms with Gasteiger partial charge in [0.25, 0.3) is 5.91 Å². The zero-order chi connectivity index (χ0) is 21.8. The number of rotatable bonds is 5. The number of amides is 2. The molecule has 2 aromatic rings. The number of methoxy groups -OCH3 is 1. The summed E-state index contributed by atoms with van der Waals surface area (Å²) in [5, 5.41) is 4.30. The van der Waals surface area contributed by atoms with Gasteiger partial charge in [-0.05, 0) is 40.8 Å². The SMILES string of the molecule is COc1cccc([C@@H](NC(=O)C(F)(F)F)C(=O)Nc2ccc(C(C)(C)C)cc2)c1. The number of ether oxygens (including phenoxy) is 1. The molecule has 0 aliphatic heterocycles. The van der Waals surface area contributed by atoms with Gasteiger partial charge in [0.05, 0.1) is 7.11 Å². The minimum Gasteiger partial charge on any atom is -0.497 e. The Labute approximate surface area is 167 Å². The Hall–Kier alpha value is -3.03. The normalized spacial score (nSPS) is 12.8. The second kappa shape index (κ2) is 8.55. The summed E-state index contributed by atoms with van der Waals surface area (Å²) >= 11 is 0. The highest BCUT2D eigenvalue weighted by Gasteiger charge is 2.41. The third-order valence-electron chi connectivity index (χ3n) is 4.24. The van der Waals surface area contributed by atoms with Gasteiger partial charge in [0.15, 0.2) is 0 Å². The Morgan fingerprint density at radius 3 is 2.14 bits per heavy atom. The Bertz CT molecular complexity index is 872. The molecule has 1 atom stereocenters. The van der Waals surface area contributed by atoms with Crippen molar-refractivity contribution in [2.45, 2.75) is 38.4 Å². The molecule has 2 aromatic carbocycles. The number of hydrogen-bond acceptors (Lipinski definition) is 3. The van der Waals surface area contributed by atoms with Gasteiger partial charge in [-0.1, -0.05) is 45.0 Å². The molecule has 0 radical (unpaired) electrons. The zero-order valence-corrected chi connectivity index (χ0v) is 16.6. The predicted molar refractivity (Wildman–Crippen MR) is 104 cm³/mol. The molecule has 0 aliphatic carbocycles. The van der Waals surface area contributed by atoms with Gasteiger partial charge in [-0.3, -0.25) is 9.59 Å². The van der Waals surface area contributed by atoms with Crippen LogP contribution in [-0.2, 0) is 15.0 Å². The number of halogens is 3. The van der Waals surface area contributed by atoms with Gasteiger partial charge in [0.2, 0.25) is 0 Å². The maximum atomic E-state index is 12.7. The van der Waals surface area contributed by atoms with E-state index < -0.39 is 24.0 Å². The highest BCUT2D eigenvalue weighted by atomic mass is 19.4. The van der Waals surface area contributed by atoms with Crippen molar-refractivity contribution >= 4 is 17.5 Å². The van der Waals surface area contributed by atoms with Crippen LogP contribution in [0.25, 0.3) is 0 Å². The third-order valence-corrected chi connectivity index (χ3v) is 4.24. The van der Waals surface area contributed by atoms with Gasteiger partial charge in [-0.25, -0.2) is 0 Å². The lowest BCUT2D eigenvalue weighted by Gasteiger charge is -2.21. The maximum Gasteiger partial charge on any atom is 0.471 e. The number of benzene rings is 2. The average molecular weight is 408 g/mol. The first-order chi connectivity index (χ1) is 13.4. The fourth-order valence-electron chi connectivity index (χ4n) is 2.60. The molecule has 0 aromatic heterocycles. The number of carbonyl (C=O) groups is 2. The van der Waals surface area contributed by atoms with E-state index in [1.54, 1.807) is 23.5 Å². The summed E-state index contributed by atoms with van der Waals surface area (Å²) in [6, 6.07) is 11.3. The lowest BCUT2D eigenvalue weighted by molar-refractivity contribution is -0.174. The number of anilines is 1. The quantitative estimate of drug-likeness (QED) is 0.773. The highest BCUT2D eigenvalue weighted by Crippen LogP contribution is 2.26. The van der Waals surface area contributed by atoms with Crippen LogP contribution >= 0.6 is 0 Å². The van der Waals surface area contributed by atoms with Crippen molar-refractivity contribution in [1.29, 1.82) is 0 Å². The fourth-order valence-corrected chi connectivity index (χ4v) is 2.60. The van der Waals surface area contributed by atoms with Crippen LogP contribution in [0.1, 0.15) is 37.9 Å². The van der Waals surface area contributed by atoms with Gasteiger partial charge in [0, 0.05) is 5.69 Å². The second-order valence-electron chi connectivity index (χ2n) is 7.50. The predicted octanol–water partition coefficient (Wildman–Crippen LogP) is 4.35. The Kier molecular flexibility index (Phi) is 6.56. The molecule has 0 saturated heterocycles. The van der Waals surface area contributed by atoms with Crippen LogP contribution in [0.15, 0.2) is 48.5 Å². The van der Waals surface area contributed by atoms with Gasteiger partial charge >= 0.3 is 12.1 Å². The van der Waals surface area contributed by atoms with Crippen molar-refractivity contribution in [3.8, 4) is 5.75 Å². The molecule has 0 bridgehead atoms. The first-order valence-electron chi connectivity index (χ1n) is 8.85. The Morgan fingerprint density at radius 1 is 1.00 bits per heavy atom. The molecule has 2 amide bonds. The number of alkyl halides is 3. The molecule has 2 rings (SSSR count). The van der Waals surface area contributed by atoms with Crippen molar-refractivity contribution in [2.24, 2.45) is 0 Å². The molecule has 0 fully saturated rings. The van der Waals surface area contributed by atoms with E-state index in [0.717, 1.165) is 5.56 Å². The van der Waals surface area contributed by atoms with E-state index in [0.29, 0.717) is 11.4 Å². The van der Waals surface area contributed by atoms with Crippen LogP contribution in [0.2, 0.25) is 0 Å². The van der Waals surface area contributed by atoms with Gasteiger partial charge < -0.3 is 15.4 Å². The largest absolute Gasteiger partial charge is 0.497 e. The van der Waals surface area contributed by atoms with Crippen molar-refractivity contribution < 1.29 is 27.5 Å². The molecule has 0 aliphatic rings. The van der Waals surface area contributed by atoms with Crippen LogP contribution in [0.4, 0.5) is 18.9 Å². The average Bonchev–Trinajstić information content (AvgIpc) is 2.64. The lowest BCUT2D eigenvalue weighted by atomic mass is 9.87. The molecule has 29 heavy (non-hydrogen) atoms. The summed E-state index contributed by atoms with van der Waals surface area (Å²) in [4.78, 5) is 24.2. The first-order valence-corrected chi connectivity index (χ1v) is 8.85. The molecule has 156 valence electrons. The molecule has 0 heterocycles. The van der Waals surface area contributed by atoms with Crippen molar-refractivity contribution in [1.82, 2.24) is 5.32 Å². The van der Waals surface area contributed by atoms with Crippen LogP contribution in [-0.4, -0.2) is 25.1 Å². The molecule has 2 N–H and O–H groups in total. The smallest absolute Gasteiger partial charge is 0.471 e. The second-order valence-corrected chi connectivity index (χ2v) is 7.50. The van der Waals surface area contributed by atoms with Crippen LogP contribution in [0.3, 0.4) is 0 Å². The van der Waals surface area contributed by atoms with E-state index in [1.807, 2.05) is 32.9 Å². The minimum absolute atomic E-state index is 0.0909. The standard InChI is InChI=1S/C21H23F3N2O3/c1-20(2,3)14-8-10-15(11-9-14)25-18(27)17(26-19(28)21(22,23)24)13-6-5-7-16(12-13)29-4/h5-12,17H,1-4H3,(H,25,27)(H,26,28)/t17-/m1/s1. The van der Waals surface area contributed by atoms with Gasteiger partial charge in [-0.2, -0.15) is 13.2 Å². The number of nitrogens with one attached hydrogen (secondary N) is 2. The molecule has 0 unspecified atom stereocenters. The summed E-state index contributed by atoms with van der Waals surface area (Å²) in [5.41, 5.74) is 1.50. The summed E-state index contributed by atoms with van der Waals surface area (Å²) in [6.07, 6.45) is -5.12. The summed E-state index contributed by atoms with van der Waals surface area (Å²) in [7, 11) is 1.39. The third kappa shape index (κ3) is 5.97. The van der Waals surface area contributed by atoms with E-state index in [-0.39, 0.29) is 11.0 Å². The van der Waals surface area contributed by atoms with Crippen molar-refractivity contribution in [3.05, 3.63) is 59.7 Å². The lowest BCUT2D eigenvalue weighted by Crippen LogP contribution is -2.43. The van der Waals surface area contributed by atoms with Crippen LogP contribution in [0, 0.1) is 0 Å². The summed E-state index contributed by atoms with van der Waals surface area (Å²) in [5.74, 6) is -2.67. The van der Waals surface area contributed by atoms with Gasteiger partial charge in [0.1, 0.15) is 11.8 Å². The van der Waals surface area contributed by atoms with E-state index in [2.05, 4.69) is 5.32 Å². The monoisotopic (exact) mass is 408 g/mol. The zero-order valence-electron chi connectivity index (χ0n) is 16.6. The van der Waals surface area contributed by atoms with Gasteiger partial charge in [-0.15, -0.1) is 0 Å². The van der Waals surface area contributed by atoms with Crippen molar-refractivity contribution in [3.63, 3.8) is 0 Å². The Balaban J connectivity index is 2.29. The molecular formula is C21H23F3N2O3. The number of carbonyl (C=O) groups excluding carboxylic acids is 2.